The molecule has 0 spiro atoms. The maximum atomic E-state index is 12.5. The number of rotatable bonds is 2. The van der Waals surface area contributed by atoms with E-state index in [9.17, 15) is 4.79 Å². The van der Waals surface area contributed by atoms with E-state index in [0.717, 1.165) is 22.3 Å². The van der Waals surface area contributed by atoms with E-state index in [2.05, 4.69) is 15.2 Å². The number of azo groups is 1. The zero-order valence-corrected chi connectivity index (χ0v) is 12.6. The van der Waals surface area contributed by atoms with Gasteiger partial charge in [-0.15, -0.1) is 0 Å². The van der Waals surface area contributed by atoms with Gasteiger partial charge in [-0.1, -0.05) is 24.3 Å². The van der Waals surface area contributed by atoms with Gasteiger partial charge < -0.3 is 0 Å². The van der Waals surface area contributed by atoms with Crippen LogP contribution in [0, 0.1) is 6.92 Å². The van der Waals surface area contributed by atoms with Crippen molar-refractivity contribution in [3.05, 3.63) is 54.1 Å². The second-order valence-corrected chi connectivity index (χ2v) is 6.13. The fourth-order valence-electron chi connectivity index (χ4n) is 2.44. The van der Waals surface area contributed by atoms with E-state index in [-0.39, 0.29) is 5.91 Å². The molecule has 0 N–H and O–H groups in total. The number of hydrogen-bond acceptors (Lipinski definition) is 5. The standard InChI is InChI=1S/C16H12N4OS/c1-10-5-4-6-11(9-10)18-19-14-15(21)20-13-8-3-2-7-12(13)17-16(20)22-14/h2-9,14H,1H3/t14-/m0/s1. The Morgan fingerprint density at radius 3 is 2.91 bits per heavy atom. The zero-order valence-electron chi connectivity index (χ0n) is 11.8. The van der Waals surface area contributed by atoms with Gasteiger partial charge in [0.25, 0.3) is 5.91 Å². The van der Waals surface area contributed by atoms with Gasteiger partial charge >= 0.3 is 0 Å². The van der Waals surface area contributed by atoms with E-state index in [1.807, 2.05) is 55.5 Å². The van der Waals surface area contributed by atoms with Gasteiger partial charge in [0.15, 0.2) is 5.16 Å². The van der Waals surface area contributed by atoms with E-state index in [0.29, 0.717) is 5.16 Å². The molecule has 0 unspecified atom stereocenters. The Morgan fingerprint density at radius 1 is 1.18 bits per heavy atom. The van der Waals surface area contributed by atoms with Crippen LogP contribution in [0.5, 0.6) is 0 Å². The van der Waals surface area contributed by atoms with E-state index in [1.54, 1.807) is 4.57 Å². The lowest BCUT2D eigenvalue weighted by Gasteiger charge is -2.00. The Labute approximate surface area is 131 Å². The van der Waals surface area contributed by atoms with Gasteiger partial charge in [0.2, 0.25) is 5.37 Å². The summed E-state index contributed by atoms with van der Waals surface area (Å²) in [5, 5.41) is 8.49. The molecule has 1 aliphatic rings. The monoisotopic (exact) mass is 308 g/mol. The summed E-state index contributed by atoms with van der Waals surface area (Å²) in [6.45, 7) is 2.00. The number of carbonyl (C=O) groups excluding carboxylic acids is 1. The number of aromatic nitrogens is 2. The molecule has 3 aromatic rings. The highest BCUT2D eigenvalue weighted by atomic mass is 32.2. The van der Waals surface area contributed by atoms with Crippen LogP contribution in [0.25, 0.3) is 11.0 Å². The summed E-state index contributed by atoms with van der Waals surface area (Å²) >= 11 is 1.34. The molecule has 2 heterocycles. The molecule has 0 bridgehead atoms. The maximum Gasteiger partial charge on any atom is 0.270 e. The molecular weight excluding hydrogens is 296 g/mol. The number of thioether (sulfide) groups is 1. The number of carbonyl (C=O) groups is 1. The lowest BCUT2D eigenvalue weighted by Crippen LogP contribution is -2.14. The number of fused-ring (bicyclic) bond motifs is 3. The summed E-state index contributed by atoms with van der Waals surface area (Å²) in [5.74, 6) is -0.0925. The third-order valence-electron chi connectivity index (χ3n) is 3.46. The summed E-state index contributed by atoms with van der Waals surface area (Å²) in [6, 6.07) is 15.3. The summed E-state index contributed by atoms with van der Waals surface area (Å²) in [7, 11) is 0. The third kappa shape index (κ3) is 2.12. The van der Waals surface area contributed by atoms with E-state index in [4.69, 9.17) is 0 Å². The summed E-state index contributed by atoms with van der Waals surface area (Å²) in [6.07, 6.45) is 0. The molecule has 6 heteroatoms. The molecule has 0 fully saturated rings. The van der Waals surface area contributed by atoms with Crippen LogP contribution in [0.3, 0.4) is 0 Å². The Kier molecular flexibility index (Phi) is 3.04. The number of para-hydroxylation sites is 2. The Bertz CT molecular complexity index is 915. The zero-order chi connectivity index (χ0) is 15.1. The predicted molar refractivity (Wildman–Crippen MR) is 85.7 cm³/mol. The highest BCUT2D eigenvalue weighted by Gasteiger charge is 2.34. The van der Waals surface area contributed by atoms with Gasteiger partial charge in [-0.05, 0) is 48.5 Å². The van der Waals surface area contributed by atoms with Crippen molar-refractivity contribution >= 4 is 34.4 Å². The average molecular weight is 308 g/mol. The van der Waals surface area contributed by atoms with Crippen LogP contribution in [-0.2, 0) is 0 Å². The van der Waals surface area contributed by atoms with Gasteiger partial charge in [-0.2, -0.15) is 10.2 Å². The normalized spacial score (nSPS) is 17.5. The van der Waals surface area contributed by atoms with Crippen molar-refractivity contribution in [2.24, 2.45) is 10.2 Å². The third-order valence-corrected chi connectivity index (χ3v) is 4.46. The number of benzene rings is 2. The number of nitrogens with zero attached hydrogens (tertiary/aromatic N) is 4. The number of aryl methyl sites for hydroxylation is 1. The van der Waals surface area contributed by atoms with Gasteiger partial charge in [0, 0.05) is 0 Å². The Morgan fingerprint density at radius 2 is 2.05 bits per heavy atom. The second kappa shape index (κ2) is 5.06. The first-order valence-electron chi connectivity index (χ1n) is 6.88. The SMILES string of the molecule is Cc1cccc(N=N[C@H]2Sc3nc4ccccc4n3C2=O)c1. The highest BCUT2D eigenvalue weighted by molar-refractivity contribution is 8.00. The quantitative estimate of drug-likeness (QED) is 0.667. The van der Waals surface area contributed by atoms with Crippen molar-refractivity contribution in [2.45, 2.75) is 17.5 Å². The molecule has 0 aliphatic carbocycles. The first-order chi connectivity index (χ1) is 10.7. The molecule has 5 nitrogen and oxygen atoms in total. The predicted octanol–water partition coefficient (Wildman–Crippen LogP) is 4.20. The molecule has 108 valence electrons. The number of imidazole rings is 1. The summed E-state index contributed by atoms with van der Waals surface area (Å²) in [4.78, 5) is 17.0. The molecule has 0 saturated carbocycles. The summed E-state index contributed by atoms with van der Waals surface area (Å²) in [5.41, 5.74) is 3.51. The lowest BCUT2D eigenvalue weighted by atomic mass is 10.2. The smallest absolute Gasteiger partial charge is 0.270 e. The van der Waals surface area contributed by atoms with Gasteiger partial charge in [0.05, 0.1) is 16.7 Å². The Balaban J connectivity index is 1.65. The average Bonchev–Trinajstić information content (AvgIpc) is 3.02. The van der Waals surface area contributed by atoms with E-state index in [1.165, 1.54) is 11.8 Å². The van der Waals surface area contributed by atoms with E-state index >= 15 is 0 Å². The molecular formula is C16H12N4OS. The molecule has 4 rings (SSSR count). The molecule has 22 heavy (non-hydrogen) atoms. The molecule has 1 atom stereocenters. The first-order valence-corrected chi connectivity index (χ1v) is 7.76. The minimum absolute atomic E-state index is 0.0925. The highest BCUT2D eigenvalue weighted by Crippen LogP contribution is 2.36. The molecule has 1 aliphatic heterocycles. The van der Waals surface area contributed by atoms with Crippen LogP contribution in [-0.4, -0.2) is 20.8 Å². The maximum absolute atomic E-state index is 12.5. The summed E-state index contributed by atoms with van der Waals surface area (Å²) < 4.78 is 1.62. The lowest BCUT2D eigenvalue weighted by molar-refractivity contribution is 0.0915. The van der Waals surface area contributed by atoms with Crippen LogP contribution in [0.15, 0.2) is 63.9 Å². The van der Waals surface area contributed by atoms with Crippen molar-refractivity contribution in [3.63, 3.8) is 0 Å². The molecule has 1 aromatic heterocycles. The van der Waals surface area contributed by atoms with Crippen molar-refractivity contribution in [1.29, 1.82) is 0 Å². The molecule has 0 amide bonds. The molecule has 0 saturated heterocycles. The second-order valence-electron chi connectivity index (χ2n) is 5.08. The van der Waals surface area contributed by atoms with Gasteiger partial charge in [-0.3, -0.25) is 9.36 Å². The Hall–Kier alpha value is -2.47. The van der Waals surface area contributed by atoms with Crippen LogP contribution < -0.4 is 0 Å². The largest absolute Gasteiger partial charge is 0.270 e. The fraction of sp³-hybridized carbons (Fsp3) is 0.125. The van der Waals surface area contributed by atoms with E-state index < -0.39 is 5.37 Å². The van der Waals surface area contributed by atoms with Crippen LogP contribution >= 0.6 is 11.8 Å². The number of hydrogen-bond donors (Lipinski definition) is 0. The van der Waals surface area contributed by atoms with Crippen LogP contribution in [0.1, 0.15) is 10.4 Å². The fourth-order valence-corrected chi connectivity index (χ4v) is 3.38. The minimum Gasteiger partial charge on any atom is -0.270 e. The molecule has 2 aromatic carbocycles. The van der Waals surface area contributed by atoms with Gasteiger partial charge in [-0.25, -0.2) is 4.98 Å². The first kappa shape index (κ1) is 13.2. The topological polar surface area (TPSA) is 59.6 Å². The van der Waals surface area contributed by atoms with Crippen LogP contribution in [0.2, 0.25) is 0 Å². The van der Waals surface area contributed by atoms with Crippen LogP contribution in [0.4, 0.5) is 5.69 Å². The molecule has 0 radical (unpaired) electrons. The van der Waals surface area contributed by atoms with Crippen molar-refractivity contribution in [1.82, 2.24) is 9.55 Å². The van der Waals surface area contributed by atoms with Crippen molar-refractivity contribution in [3.8, 4) is 0 Å². The minimum atomic E-state index is -0.562. The van der Waals surface area contributed by atoms with Crippen molar-refractivity contribution < 1.29 is 4.79 Å². The van der Waals surface area contributed by atoms with Gasteiger partial charge in [0.1, 0.15) is 0 Å². The van der Waals surface area contributed by atoms with Crippen molar-refractivity contribution in [2.75, 3.05) is 0 Å².